The molecule has 0 spiro atoms. The van der Waals surface area contributed by atoms with Crippen LogP contribution in [0.5, 0.6) is 0 Å². The molecule has 0 bridgehead atoms. The minimum Gasteiger partial charge on any atom is -0.444 e. The van der Waals surface area contributed by atoms with Crippen molar-refractivity contribution in [1.29, 1.82) is 0 Å². The number of nitrogens with one attached hydrogen (secondary N) is 1. The van der Waals surface area contributed by atoms with E-state index in [-0.39, 0.29) is 18.4 Å². The molecule has 1 fully saturated rings. The lowest BCUT2D eigenvalue weighted by atomic mass is 10.2. The van der Waals surface area contributed by atoms with Crippen molar-refractivity contribution in [3.63, 3.8) is 0 Å². The molecule has 2 heterocycles. The highest BCUT2D eigenvalue weighted by molar-refractivity contribution is 6.30. The summed E-state index contributed by atoms with van der Waals surface area (Å²) in [6.45, 7) is 4.46. The Labute approximate surface area is 134 Å². The number of carbonyl (C=O) groups excluding carboxylic acids is 1. The van der Waals surface area contributed by atoms with Gasteiger partial charge in [0.25, 0.3) is 0 Å². The van der Waals surface area contributed by atoms with E-state index in [9.17, 15) is 4.79 Å². The third kappa shape index (κ3) is 3.31. The van der Waals surface area contributed by atoms with E-state index in [1.165, 1.54) is 0 Å². The first-order valence-corrected chi connectivity index (χ1v) is 7.72. The number of rotatable bonds is 3. The Kier molecular flexibility index (Phi) is 4.45. The van der Waals surface area contributed by atoms with Gasteiger partial charge < -0.3 is 14.6 Å². The van der Waals surface area contributed by atoms with Crippen molar-refractivity contribution in [2.45, 2.75) is 19.4 Å². The van der Waals surface area contributed by atoms with Gasteiger partial charge in [0.15, 0.2) is 0 Å². The van der Waals surface area contributed by atoms with Crippen LogP contribution in [0.4, 0.5) is 0 Å². The molecule has 0 aliphatic carbocycles. The number of hydrogen-bond donors (Lipinski definition) is 1. The summed E-state index contributed by atoms with van der Waals surface area (Å²) in [6, 6.07) is 7.47. The standard InChI is InChI=1S/C16H18ClN3O2/c1-11-9-18-6-7-20(11)15(21)8-14-10-22-16(19-14)12-2-4-13(17)5-3-12/h2-5,10-11,18H,6-9H2,1H3. The molecule has 1 aromatic carbocycles. The average molecular weight is 320 g/mol. The SMILES string of the molecule is CC1CNCCN1C(=O)Cc1coc(-c2ccc(Cl)cc2)n1. The minimum atomic E-state index is 0.0879. The van der Waals surface area contributed by atoms with Crippen LogP contribution < -0.4 is 5.32 Å². The van der Waals surface area contributed by atoms with Crippen LogP contribution >= 0.6 is 11.6 Å². The van der Waals surface area contributed by atoms with Crippen LogP contribution in [0.1, 0.15) is 12.6 Å². The predicted octanol–water partition coefficient (Wildman–Crippen LogP) is 2.36. The smallest absolute Gasteiger partial charge is 0.229 e. The summed E-state index contributed by atoms with van der Waals surface area (Å²) >= 11 is 5.87. The van der Waals surface area contributed by atoms with Gasteiger partial charge in [0.2, 0.25) is 11.8 Å². The molecular weight excluding hydrogens is 302 g/mol. The molecule has 22 heavy (non-hydrogen) atoms. The summed E-state index contributed by atoms with van der Waals surface area (Å²) < 4.78 is 5.47. The molecule has 2 aromatic rings. The Hall–Kier alpha value is -1.85. The van der Waals surface area contributed by atoms with Gasteiger partial charge in [-0.3, -0.25) is 4.79 Å². The first-order chi connectivity index (χ1) is 10.6. The van der Waals surface area contributed by atoms with Crippen molar-refractivity contribution in [2.75, 3.05) is 19.6 Å². The van der Waals surface area contributed by atoms with E-state index in [4.69, 9.17) is 16.0 Å². The molecule has 1 unspecified atom stereocenters. The Balaban J connectivity index is 1.68. The number of hydrogen-bond acceptors (Lipinski definition) is 4. The second-order valence-corrected chi connectivity index (χ2v) is 5.90. The van der Waals surface area contributed by atoms with E-state index in [2.05, 4.69) is 10.3 Å². The zero-order valence-corrected chi connectivity index (χ0v) is 13.1. The number of nitrogens with zero attached hydrogens (tertiary/aromatic N) is 2. The van der Waals surface area contributed by atoms with Gasteiger partial charge in [0.1, 0.15) is 6.26 Å². The molecule has 1 saturated heterocycles. The summed E-state index contributed by atoms with van der Waals surface area (Å²) in [5, 5.41) is 3.94. The molecule has 1 amide bonds. The highest BCUT2D eigenvalue weighted by atomic mass is 35.5. The van der Waals surface area contributed by atoms with Crippen molar-refractivity contribution in [2.24, 2.45) is 0 Å². The van der Waals surface area contributed by atoms with E-state index in [1.54, 1.807) is 18.4 Å². The molecule has 0 saturated carbocycles. The number of carbonyl (C=O) groups is 1. The van der Waals surface area contributed by atoms with Gasteiger partial charge in [-0.05, 0) is 31.2 Å². The average Bonchev–Trinajstić information content (AvgIpc) is 2.97. The Morgan fingerprint density at radius 1 is 1.45 bits per heavy atom. The van der Waals surface area contributed by atoms with E-state index in [0.717, 1.165) is 25.2 Å². The quantitative estimate of drug-likeness (QED) is 0.943. The lowest BCUT2D eigenvalue weighted by molar-refractivity contribution is -0.133. The molecule has 1 aromatic heterocycles. The molecule has 1 aliphatic rings. The number of piperazine rings is 1. The van der Waals surface area contributed by atoms with Gasteiger partial charge >= 0.3 is 0 Å². The van der Waals surface area contributed by atoms with Crippen molar-refractivity contribution >= 4 is 17.5 Å². The number of halogens is 1. The van der Waals surface area contributed by atoms with Crippen LogP contribution in [0.3, 0.4) is 0 Å². The van der Waals surface area contributed by atoms with Gasteiger partial charge in [-0.2, -0.15) is 0 Å². The monoisotopic (exact) mass is 319 g/mol. The maximum Gasteiger partial charge on any atom is 0.229 e. The molecule has 3 rings (SSSR count). The summed E-state index contributed by atoms with van der Waals surface area (Å²) in [5.74, 6) is 0.595. The normalized spacial score (nSPS) is 18.5. The Bertz CT molecular complexity index is 654. The summed E-state index contributed by atoms with van der Waals surface area (Å²) in [7, 11) is 0. The predicted molar refractivity (Wildman–Crippen MR) is 84.7 cm³/mol. The van der Waals surface area contributed by atoms with Crippen LogP contribution in [0.25, 0.3) is 11.5 Å². The van der Waals surface area contributed by atoms with Gasteiger partial charge in [-0.15, -0.1) is 0 Å². The summed E-state index contributed by atoms with van der Waals surface area (Å²) in [6.07, 6.45) is 1.82. The Morgan fingerprint density at radius 3 is 2.95 bits per heavy atom. The zero-order valence-electron chi connectivity index (χ0n) is 12.4. The Morgan fingerprint density at radius 2 is 2.23 bits per heavy atom. The summed E-state index contributed by atoms with van der Waals surface area (Å²) in [5.41, 5.74) is 1.50. The minimum absolute atomic E-state index is 0.0879. The van der Waals surface area contributed by atoms with Gasteiger partial charge in [0.05, 0.1) is 12.1 Å². The molecule has 116 valence electrons. The molecule has 6 heteroatoms. The third-order valence-corrected chi connectivity index (χ3v) is 4.05. The second kappa shape index (κ2) is 6.50. The zero-order chi connectivity index (χ0) is 15.5. The largest absolute Gasteiger partial charge is 0.444 e. The van der Waals surface area contributed by atoms with Gasteiger partial charge in [0, 0.05) is 36.3 Å². The van der Waals surface area contributed by atoms with Crippen LogP contribution in [0.2, 0.25) is 5.02 Å². The highest BCUT2D eigenvalue weighted by Gasteiger charge is 2.23. The number of amides is 1. The van der Waals surface area contributed by atoms with Crippen LogP contribution in [-0.2, 0) is 11.2 Å². The topological polar surface area (TPSA) is 58.4 Å². The maximum atomic E-state index is 12.4. The first kappa shape index (κ1) is 15.1. The summed E-state index contributed by atoms with van der Waals surface area (Å²) in [4.78, 5) is 18.7. The molecular formula is C16H18ClN3O2. The maximum absolute atomic E-state index is 12.4. The molecule has 1 N–H and O–H groups in total. The lowest BCUT2D eigenvalue weighted by Gasteiger charge is -2.33. The van der Waals surface area contributed by atoms with E-state index < -0.39 is 0 Å². The van der Waals surface area contributed by atoms with Crippen molar-refractivity contribution < 1.29 is 9.21 Å². The second-order valence-electron chi connectivity index (χ2n) is 5.47. The van der Waals surface area contributed by atoms with Crippen LogP contribution in [-0.4, -0.2) is 41.5 Å². The lowest BCUT2D eigenvalue weighted by Crippen LogP contribution is -2.52. The van der Waals surface area contributed by atoms with Crippen molar-refractivity contribution in [3.8, 4) is 11.5 Å². The van der Waals surface area contributed by atoms with Crippen LogP contribution in [0, 0.1) is 0 Å². The van der Waals surface area contributed by atoms with E-state index in [1.807, 2.05) is 24.0 Å². The molecule has 5 nitrogen and oxygen atoms in total. The fourth-order valence-corrected chi connectivity index (χ4v) is 2.71. The van der Waals surface area contributed by atoms with Gasteiger partial charge in [-0.25, -0.2) is 4.98 Å². The molecule has 0 radical (unpaired) electrons. The van der Waals surface area contributed by atoms with E-state index >= 15 is 0 Å². The number of benzene rings is 1. The first-order valence-electron chi connectivity index (χ1n) is 7.34. The van der Waals surface area contributed by atoms with Gasteiger partial charge in [-0.1, -0.05) is 11.6 Å². The number of oxazole rings is 1. The van der Waals surface area contributed by atoms with Crippen molar-refractivity contribution in [1.82, 2.24) is 15.2 Å². The van der Waals surface area contributed by atoms with E-state index in [0.29, 0.717) is 16.6 Å². The highest BCUT2D eigenvalue weighted by Crippen LogP contribution is 2.21. The molecule has 1 aliphatic heterocycles. The fraction of sp³-hybridized carbons (Fsp3) is 0.375. The number of aromatic nitrogens is 1. The van der Waals surface area contributed by atoms with Crippen LogP contribution in [0.15, 0.2) is 34.9 Å². The van der Waals surface area contributed by atoms with Crippen molar-refractivity contribution in [3.05, 3.63) is 41.2 Å². The fourth-order valence-electron chi connectivity index (χ4n) is 2.58. The molecule has 1 atom stereocenters. The third-order valence-electron chi connectivity index (χ3n) is 3.80.